The van der Waals surface area contributed by atoms with Gasteiger partial charge in [0.1, 0.15) is 28.9 Å². The topological polar surface area (TPSA) is 104 Å². The van der Waals surface area contributed by atoms with Crippen molar-refractivity contribution < 1.29 is 45.7 Å². The van der Waals surface area contributed by atoms with Gasteiger partial charge in [-0.2, -0.15) is 14.0 Å². The Balaban J connectivity index is 1.50. The average molecular weight is 575 g/mol. The zero-order valence-electron chi connectivity index (χ0n) is 21.6. The van der Waals surface area contributed by atoms with Crippen molar-refractivity contribution in [2.24, 2.45) is 5.73 Å². The number of hydrogen-bond donors (Lipinski definition) is 1. The maximum Gasteiger partial charge on any atom is 0.349 e. The van der Waals surface area contributed by atoms with E-state index in [0.29, 0.717) is 17.9 Å². The minimum Gasteiger partial charge on any atom is -0.494 e. The summed E-state index contributed by atoms with van der Waals surface area (Å²) in [6.07, 6.45) is 3.06. The highest BCUT2D eigenvalue weighted by atomic mass is 19.2. The van der Waals surface area contributed by atoms with E-state index in [1.165, 1.54) is 18.2 Å². The predicted molar refractivity (Wildman–Crippen MR) is 135 cm³/mol. The smallest absolute Gasteiger partial charge is 0.349 e. The molecule has 4 rings (SSSR count). The van der Waals surface area contributed by atoms with E-state index >= 15 is 0 Å². The molecule has 0 aliphatic carbocycles. The van der Waals surface area contributed by atoms with Gasteiger partial charge in [-0.15, -0.1) is 0 Å². The fraction of sp³-hybridized carbons (Fsp3) is 0.241. The van der Waals surface area contributed by atoms with Gasteiger partial charge >= 0.3 is 5.97 Å². The number of benzene rings is 3. The Hall–Kier alpha value is -4.79. The van der Waals surface area contributed by atoms with E-state index in [1.54, 1.807) is 24.3 Å². The second-order valence-corrected chi connectivity index (χ2v) is 8.91. The highest BCUT2D eigenvalue weighted by Crippen LogP contribution is 2.43. The van der Waals surface area contributed by atoms with Crippen LogP contribution in [0.5, 0.6) is 23.0 Å². The summed E-state index contributed by atoms with van der Waals surface area (Å²) in [6.45, 7) is 1.51. The Bertz CT molecular complexity index is 1510. The van der Waals surface area contributed by atoms with Crippen LogP contribution in [0.2, 0.25) is 0 Å². The van der Waals surface area contributed by atoms with Crippen LogP contribution in [-0.2, 0) is 4.79 Å². The van der Waals surface area contributed by atoms with Crippen molar-refractivity contribution in [3.63, 3.8) is 0 Å². The molecule has 12 heteroatoms. The standard InChI is InChI=1S/C29H23F5N2O5/c1-2-3-4-11-38-16-7-5-15(6-8-16)22-18-10-9-17(12-20(18)41-29(36)19(22)13-35)40-21(37)14-39-28-26(33)24(31)23(30)25(32)27(28)34/h5-10,12,22H,2-4,11,14,36H2,1H3. The third kappa shape index (κ3) is 6.19. The van der Waals surface area contributed by atoms with Crippen molar-refractivity contribution in [2.45, 2.75) is 32.1 Å². The van der Waals surface area contributed by atoms with E-state index in [2.05, 4.69) is 17.7 Å². The highest BCUT2D eigenvalue weighted by molar-refractivity contribution is 5.74. The first kappa shape index (κ1) is 29.2. The van der Waals surface area contributed by atoms with Gasteiger partial charge in [-0.1, -0.05) is 38.0 Å². The predicted octanol–water partition coefficient (Wildman–Crippen LogP) is 6.15. The van der Waals surface area contributed by atoms with Crippen LogP contribution in [0.4, 0.5) is 22.0 Å². The molecule has 0 saturated heterocycles. The summed E-state index contributed by atoms with van der Waals surface area (Å²) in [4.78, 5) is 12.2. The Kier molecular flexibility index (Phi) is 8.97. The number of nitrogens with zero attached hydrogens (tertiary/aromatic N) is 1. The van der Waals surface area contributed by atoms with Crippen molar-refractivity contribution in [1.29, 1.82) is 5.26 Å². The van der Waals surface area contributed by atoms with Crippen LogP contribution in [0.25, 0.3) is 0 Å². The number of carbonyl (C=O) groups excluding carboxylic acids is 1. The Morgan fingerprint density at radius 3 is 2.20 bits per heavy atom. The molecule has 0 spiro atoms. The second kappa shape index (κ2) is 12.6. The number of ether oxygens (including phenoxy) is 4. The molecule has 7 nitrogen and oxygen atoms in total. The van der Waals surface area contributed by atoms with E-state index in [4.69, 9.17) is 19.9 Å². The lowest BCUT2D eigenvalue weighted by atomic mass is 9.83. The zero-order valence-corrected chi connectivity index (χ0v) is 21.6. The molecule has 214 valence electrons. The van der Waals surface area contributed by atoms with Gasteiger partial charge in [0.2, 0.25) is 35.0 Å². The number of halogens is 5. The molecular weight excluding hydrogens is 551 g/mol. The van der Waals surface area contributed by atoms with Gasteiger partial charge in [0.15, 0.2) is 12.4 Å². The number of unbranched alkanes of at least 4 members (excludes halogenated alkanes) is 2. The number of allylic oxidation sites excluding steroid dienone is 1. The Morgan fingerprint density at radius 2 is 1.56 bits per heavy atom. The number of nitriles is 1. The summed E-state index contributed by atoms with van der Waals surface area (Å²) in [5.74, 6) is -14.1. The van der Waals surface area contributed by atoms with E-state index in [-0.39, 0.29) is 23.0 Å². The zero-order chi connectivity index (χ0) is 29.7. The normalized spacial score (nSPS) is 14.1. The largest absolute Gasteiger partial charge is 0.494 e. The molecule has 41 heavy (non-hydrogen) atoms. The number of carbonyl (C=O) groups is 1. The number of nitrogens with two attached hydrogens (primary N) is 1. The van der Waals surface area contributed by atoms with Crippen molar-refractivity contribution >= 4 is 5.97 Å². The third-order valence-corrected chi connectivity index (χ3v) is 6.16. The summed E-state index contributed by atoms with van der Waals surface area (Å²) < 4.78 is 88.4. The molecule has 1 aliphatic heterocycles. The minimum absolute atomic E-state index is 0.0995. The minimum atomic E-state index is -2.36. The van der Waals surface area contributed by atoms with Crippen LogP contribution in [-0.4, -0.2) is 19.2 Å². The van der Waals surface area contributed by atoms with Crippen LogP contribution in [0.1, 0.15) is 43.2 Å². The molecule has 0 amide bonds. The number of rotatable bonds is 10. The van der Waals surface area contributed by atoms with Gasteiger partial charge < -0.3 is 24.7 Å². The summed E-state index contributed by atoms with van der Waals surface area (Å²) in [5, 5.41) is 9.76. The Morgan fingerprint density at radius 1 is 0.927 bits per heavy atom. The second-order valence-electron chi connectivity index (χ2n) is 8.91. The molecule has 1 atom stereocenters. The van der Waals surface area contributed by atoms with Crippen LogP contribution < -0.4 is 24.7 Å². The molecule has 1 aliphatic rings. The van der Waals surface area contributed by atoms with Crippen LogP contribution >= 0.6 is 0 Å². The quantitative estimate of drug-likeness (QED) is 0.0773. The lowest BCUT2D eigenvalue weighted by Gasteiger charge is -2.26. The summed E-state index contributed by atoms with van der Waals surface area (Å²) in [7, 11) is 0. The van der Waals surface area contributed by atoms with E-state index in [1.807, 2.05) is 0 Å². The van der Waals surface area contributed by atoms with E-state index in [9.17, 15) is 32.0 Å². The molecule has 1 heterocycles. The highest BCUT2D eigenvalue weighted by Gasteiger charge is 2.31. The fourth-order valence-electron chi connectivity index (χ4n) is 4.14. The molecule has 3 aromatic rings. The first-order valence-electron chi connectivity index (χ1n) is 12.4. The van der Waals surface area contributed by atoms with Crippen LogP contribution in [0, 0.1) is 40.4 Å². The van der Waals surface area contributed by atoms with Crippen molar-refractivity contribution in [2.75, 3.05) is 13.2 Å². The maximum atomic E-state index is 13.8. The first-order valence-corrected chi connectivity index (χ1v) is 12.4. The number of esters is 1. The van der Waals surface area contributed by atoms with Gasteiger partial charge in [-0.25, -0.2) is 18.0 Å². The first-order chi connectivity index (χ1) is 19.7. The lowest BCUT2D eigenvalue weighted by molar-refractivity contribution is -0.136. The van der Waals surface area contributed by atoms with Gasteiger partial charge in [-0.05, 0) is 30.2 Å². The summed E-state index contributed by atoms with van der Waals surface area (Å²) >= 11 is 0. The van der Waals surface area contributed by atoms with Crippen molar-refractivity contribution in [3.8, 4) is 29.1 Å². The molecule has 1 unspecified atom stereocenters. The lowest BCUT2D eigenvalue weighted by Crippen LogP contribution is -2.22. The molecule has 0 aromatic heterocycles. The summed E-state index contributed by atoms with van der Waals surface area (Å²) in [5.41, 5.74) is 7.42. The fourth-order valence-corrected chi connectivity index (χ4v) is 4.14. The molecular formula is C29H23F5N2O5. The van der Waals surface area contributed by atoms with Crippen LogP contribution in [0.15, 0.2) is 53.9 Å². The molecule has 0 radical (unpaired) electrons. The molecule has 0 saturated carbocycles. The molecule has 3 aromatic carbocycles. The van der Waals surface area contributed by atoms with Gasteiger partial charge in [0, 0.05) is 11.6 Å². The molecule has 0 bridgehead atoms. The molecule has 0 fully saturated rings. The SMILES string of the molecule is CCCCCOc1ccc(C2C(C#N)=C(N)Oc3cc(OC(=O)COc4c(F)c(F)c(F)c(F)c4F)ccc32)cc1. The average Bonchev–Trinajstić information content (AvgIpc) is 2.97. The van der Waals surface area contributed by atoms with E-state index < -0.39 is 53.3 Å². The van der Waals surface area contributed by atoms with Crippen molar-refractivity contribution in [1.82, 2.24) is 0 Å². The number of fused-ring (bicyclic) bond motifs is 1. The third-order valence-electron chi connectivity index (χ3n) is 6.16. The maximum absolute atomic E-state index is 13.8. The monoisotopic (exact) mass is 574 g/mol. The van der Waals surface area contributed by atoms with Crippen LogP contribution in [0.3, 0.4) is 0 Å². The van der Waals surface area contributed by atoms with Crippen molar-refractivity contribution in [3.05, 3.63) is 94.1 Å². The van der Waals surface area contributed by atoms with Gasteiger partial charge in [0.05, 0.1) is 12.5 Å². The summed E-state index contributed by atoms with van der Waals surface area (Å²) in [6, 6.07) is 13.4. The molecule has 2 N–H and O–H groups in total. The van der Waals surface area contributed by atoms with Gasteiger partial charge in [0.25, 0.3) is 0 Å². The van der Waals surface area contributed by atoms with Gasteiger partial charge in [-0.3, -0.25) is 0 Å². The Labute approximate surface area is 231 Å². The number of hydrogen-bond acceptors (Lipinski definition) is 7. The van der Waals surface area contributed by atoms with E-state index in [0.717, 1.165) is 24.8 Å².